The van der Waals surface area contributed by atoms with Crippen molar-refractivity contribution in [3.63, 3.8) is 0 Å². The van der Waals surface area contributed by atoms with Gasteiger partial charge in [-0.2, -0.15) is 0 Å². The third-order valence-corrected chi connectivity index (χ3v) is 4.07. The van der Waals surface area contributed by atoms with Crippen LogP contribution in [0.25, 0.3) is 0 Å². The van der Waals surface area contributed by atoms with E-state index < -0.39 is 18.0 Å². The van der Waals surface area contributed by atoms with E-state index in [4.69, 9.17) is 10.5 Å². The fourth-order valence-corrected chi connectivity index (χ4v) is 2.53. The molecule has 0 saturated heterocycles. The van der Waals surface area contributed by atoms with Crippen LogP contribution in [0.1, 0.15) is 51.0 Å². The summed E-state index contributed by atoms with van der Waals surface area (Å²) in [6, 6.07) is 8.90. The first kappa shape index (κ1) is 22.5. The summed E-state index contributed by atoms with van der Waals surface area (Å²) < 4.78 is 5.10. The van der Waals surface area contributed by atoms with Gasteiger partial charge in [0.25, 0.3) is 0 Å². The molecule has 0 aliphatic heterocycles. The van der Waals surface area contributed by atoms with Gasteiger partial charge in [-0.15, -0.1) is 0 Å². The van der Waals surface area contributed by atoms with Crippen molar-refractivity contribution in [1.82, 2.24) is 10.6 Å². The molecular weight excluding hydrogens is 346 g/mol. The normalized spacial score (nSPS) is 11.4. The molecule has 1 atom stereocenters. The van der Waals surface area contributed by atoms with Crippen LogP contribution in [0.15, 0.2) is 30.3 Å². The minimum absolute atomic E-state index is 0.00749. The highest BCUT2D eigenvalue weighted by molar-refractivity contribution is 5.86. The number of nitrogens with two attached hydrogens (primary N) is 1. The Morgan fingerprint density at radius 2 is 1.85 bits per heavy atom. The zero-order valence-corrected chi connectivity index (χ0v) is 16.0. The molecule has 0 aliphatic rings. The second kappa shape index (κ2) is 13.6. The van der Waals surface area contributed by atoms with Crippen molar-refractivity contribution in [3.8, 4) is 0 Å². The molecule has 3 amide bonds. The number of benzene rings is 1. The second-order valence-electron chi connectivity index (χ2n) is 6.43. The highest BCUT2D eigenvalue weighted by Gasteiger charge is 2.21. The second-order valence-corrected chi connectivity index (χ2v) is 6.43. The fourth-order valence-electron chi connectivity index (χ4n) is 2.53. The predicted octanol–water partition coefficient (Wildman–Crippen LogP) is 2.29. The van der Waals surface area contributed by atoms with Gasteiger partial charge in [-0.1, -0.05) is 56.5 Å². The first-order valence-corrected chi connectivity index (χ1v) is 9.56. The zero-order valence-electron chi connectivity index (χ0n) is 16.0. The number of carbonyl (C=O) groups excluding carboxylic acids is 3. The van der Waals surface area contributed by atoms with Gasteiger partial charge in [-0.3, -0.25) is 9.59 Å². The molecule has 0 radical (unpaired) electrons. The van der Waals surface area contributed by atoms with E-state index in [1.165, 1.54) is 0 Å². The first-order chi connectivity index (χ1) is 13.0. The Morgan fingerprint density at radius 3 is 2.52 bits per heavy atom. The lowest BCUT2D eigenvalue weighted by molar-refractivity contribution is -0.123. The van der Waals surface area contributed by atoms with E-state index in [9.17, 15) is 14.4 Å². The van der Waals surface area contributed by atoms with Gasteiger partial charge in [-0.25, -0.2) is 4.79 Å². The van der Waals surface area contributed by atoms with E-state index in [1.54, 1.807) is 0 Å². The smallest absolute Gasteiger partial charge is 0.407 e. The number of alkyl carbamates (subject to hydrolysis) is 1. The molecule has 7 nitrogen and oxygen atoms in total. The molecule has 0 saturated carbocycles. The molecule has 1 aromatic carbocycles. The Morgan fingerprint density at radius 1 is 1.11 bits per heavy atom. The number of nitrogens with one attached hydrogen (secondary N) is 2. The van der Waals surface area contributed by atoms with Crippen molar-refractivity contribution in [2.75, 3.05) is 13.2 Å². The summed E-state index contributed by atoms with van der Waals surface area (Å²) in [7, 11) is 0. The van der Waals surface area contributed by atoms with Crippen LogP contribution >= 0.6 is 0 Å². The molecule has 0 unspecified atom stereocenters. The van der Waals surface area contributed by atoms with Gasteiger partial charge < -0.3 is 21.1 Å². The molecule has 7 heteroatoms. The lowest BCUT2D eigenvalue weighted by Crippen LogP contribution is -2.47. The number of ether oxygens (including phenoxy) is 1. The van der Waals surface area contributed by atoms with Crippen LogP contribution in [0.4, 0.5) is 4.79 Å². The van der Waals surface area contributed by atoms with Crippen molar-refractivity contribution in [2.24, 2.45) is 5.73 Å². The standard InChI is InChI=1S/C20H31N3O4/c1-2-3-4-8-15-27-20(26)23-17(11-12-18(21)24)19(25)22-14-13-16-9-6-5-7-10-16/h5-7,9-10,17H,2-4,8,11-15H2,1H3,(H2,21,24)(H,22,25)(H,23,26)/t17-/m0/s1. The van der Waals surface area contributed by atoms with Crippen molar-refractivity contribution in [2.45, 2.75) is 57.9 Å². The molecule has 0 aliphatic carbocycles. The Labute approximate surface area is 161 Å². The Hall–Kier alpha value is -2.57. The number of rotatable bonds is 13. The molecule has 0 fully saturated rings. The van der Waals surface area contributed by atoms with Crippen molar-refractivity contribution in [1.29, 1.82) is 0 Å². The highest BCUT2D eigenvalue weighted by Crippen LogP contribution is 2.02. The van der Waals surface area contributed by atoms with Crippen LogP contribution < -0.4 is 16.4 Å². The van der Waals surface area contributed by atoms with Gasteiger partial charge in [0.1, 0.15) is 6.04 Å². The van der Waals surface area contributed by atoms with Crippen LogP contribution in [0.3, 0.4) is 0 Å². The van der Waals surface area contributed by atoms with Crippen LogP contribution in [0.5, 0.6) is 0 Å². The SMILES string of the molecule is CCCCCCOC(=O)N[C@@H](CCC(N)=O)C(=O)NCCc1ccccc1. The maximum atomic E-state index is 12.4. The van der Waals surface area contributed by atoms with E-state index in [0.717, 1.165) is 31.2 Å². The third kappa shape index (κ3) is 10.9. The summed E-state index contributed by atoms with van der Waals surface area (Å²) in [5, 5.41) is 5.31. The Bertz CT molecular complexity index is 578. The molecule has 0 bridgehead atoms. The van der Waals surface area contributed by atoms with Gasteiger partial charge in [-0.05, 0) is 24.8 Å². The van der Waals surface area contributed by atoms with E-state index in [0.29, 0.717) is 19.6 Å². The number of unbranched alkanes of at least 4 members (excludes halogenated alkanes) is 3. The molecule has 27 heavy (non-hydrogen) atoms. The fraction of sp³-hybridized carbons (Fsp3) is 0.550. The van der Waals surface area contributed by atoms with E-state index in [-0.39, 0.29) is 18.7 Å². The van der Waals surface area contributed by atoms with Crippen LogP contribution in [0, 0.1) is 0 Å². The van der Waals surface area contributed by atoms with Crippen LogP contribution in [-0.4, -0.2) is 37.1 Å². The summed E-state index contributed by atoms with van der Waals surface area (Å²) in [6.45, 7) is 2.85. The Balaban J connectivity index is 2.42. The monoisotopic (exact) mass is 377 g/mol. The van der Waals surface area contributed by atoms with Crippen molar-refractivity contribution >= 4 is 17.9 Å². The number of primary amides is 1. The third-order valence-electron chi connectivity index (χ3n) is 4.07. The van der Waals surface area contributed by atoms with Gasteiger partial charge in [0, 0.05) is 13.0 Å². The van der Waals surface area contributed by atoms with Crippen LogP contribution in [-0.2, 0) is 20.7 Å². The number of carbonyl (C=O) groups is 3. The maximum Gasteiger partial charge on any atom is 0.407 e. The quantitative estimate of drug-likeness (QED) is 0.458. The topological polar surface area (TPSA) is 111 Å². The Kier molecular flexibility index (Phi) is 11.3. The van der Waals surface area contributed by atoms with E-state index >= 15 is 0 Å². The van der Waals surface area contributed by atoms with Gasteiger partial charge in [0.2, 0.25) is 11.8 Å². The van der Waals surface area contributed by atoms with Crippen LogP contribution in [0.2, 0.25) is 0 Å². The summed E-state index contributed by atoms with van der Waals surface area (Å²) in [6.07, 6.45) is 4.15. The van der Waals surface area contributed by atoms with E-state index in [1.807, 2.05) is 30.3 Å². The maximum absolute atomic E-state index is 12.4. The van der Waals surface area contributed by atoms with Gasteiger partial charge >= 0.3 is 6.09 Å². The van der Waals surface area contributed by atoms with Crippen molar-refractivity contribution in [3.05, 3.63) is 35.9 Å². The highest BCUT2D eigenvalue weighted by atomic mass is 16.5. The number of amides is 3. The average molecular weight is 377 g/mol. The minimum atomic E-state index is -0.851. The molecule has 0 aromatic heterocycles. The lowest BCUT2D eigenvalue weighted by atomic mass is 10.1. The van der Waals surface area contributed by atoms with E-state index in [2.05, 4.69) is 17.6 Å². The minimum Gasteiger partial charge on any atom is -0.450 e. The summed E-state index contributed by atoms with van der Waals surface area (Å²) in [4.78, 5) is 35.3. The van der Waals surface area contributed by atoms with Gasteiger partial charge in [0.05, 0.1) is 6.61 Å². The summed E-state index contributed by atoms with van der Waals surface area (Å²) in [5.41, 5.74) is 6.26. The lowest BCUT2D eigenvalue weighted by Gasteiger charge is -2.18. The summed E-state index contributed by atoms with van der Waals surface area (Å²) in [5.74, 6) is -0.873. The van der Waals surface area contributed by atoms with Crippen molar-refractivity contribution < 1.29 is 19.1 Å². The molecule has 0 spiro atoms. The first-order valence-electron chi connectivity index (χ1n) is 9.56. The molecule has 1 rings (SSSR count). The largest absolute Gasteiger partial charge is 0.450 e. The molecule has 0 heterocycles. The molecular formula is C20H31N3O4. The summed E-state index contributed by atoms with van der Waals surface area (Å²) >= 11 is 0. The van der Waals surface area contributed by atoms with Gasteiger partial charge in [0.15, 0.2) is 0 Å². The number of hydrogen-bond acceptors (Lipinski definition) is 4. The molecule has 150 valence electrons. The molecule has 1 aromatic rings. The molecule has 4 N–H and O–H groups in total. The average Bonchev–Trinajstić information content (AvgIpc) is 2.65. The predicted molar refractivity (Wildman–Crippen MR) is 104 cm³/mol. The number of hydrogen-bond donors (Lipinski definition) is 3. The zero-order chi connectivity index (χ0) is 19.9.